The van der Waals surface area contributed by atoms with Crippen LogP contribution in [0.3, 0.4) is 0 Å². The maximum Gasteiger partial charge on any atom is 0.417 e. The van der Waals surface area contributed by atoms with Crippen LogP contribution in [0, 0.1) is 0 Å². The molecule has 1 saturated heterocycles. The van der Waals surface area contributed by atoms with Gasteiger partial charge < -0.3 is 15.4 Å². The molecule has 1 aliphatic carbocycles. The fourth-order valence-electron chi connectivity index (χ4n) is 4.38. The minimum atomic E-state index is -4.70. The fourth-order valence-corrected chi connectivity index (χ4v) is 5.90. The second-order valence-corrected chi connectivity index (χ2v) is 10.5. The highest BCUT2D eigenvalue weighted by Gasteiger charge is 2.47. The van der Waals surface area contributed by atoms with Gasteiger partial charge >= 0.3 is 6.18 Å². The maximum absolute atomic E-state index is 13.8. The summed E-state index contributed by atoms with van der Waals surface area (Å²) in [6.07, 6.45) is -0.422. The van der Waals surface area contributed by atoms with E-state index in [1.165, 1.54) is 6.07 Å². The molecular weight excluding hydrogens is 447 g/mol. The second-order valence-electron chi connectivity index (χ2n) is 8.16. The summed E-state index contributed by atoms with van der Waals surface area (Å²) in [5.74, 6) is -0.0900. The normalized spacial score (nSPS) is 19.3. The molecule has 0 spiro atoms. The zero-order valence-corrected chi connectivity index (χ0v) is 18.3. The van der Waals surface area contributed by atoms with Gasteiger partial charge in [-0.2, -0.15) is 13.2 Å². The van der Waals surface area contributed by atoms with E-state index in [0.717, 1.165) is 18.5 Å². The molecule has 3 heterocycles. The lowest BCUT2D eigenvalue weighted by Gasteiger charge is -2.31. The van der Waals surface area contributed by atoms with Crippen molar-refractivity contribution in [2.75, 3.05) is 43.2 Å². The Morgan fingerprint density at radius 2 is 1.78 bits per heavy atom. The molecule has 2 aliphatic rings. The summed E-state index contributed by atoms with van der Waals surface area (Å²) in [6, 6.07) is 2.12. The van der Waals surface area contributed by atoms with Gasteiger partial charge in [0.2, 0.25) is 5.95 Å². The summed E-state index contributed by atoms with van der Waals surface area (Å²) in [4.78, 5) is 14.6. The van der Waals surface area contributed by atoms with Crippen LogP contribution >= 0.6 is 0 Å². The van der Waals surface area contributed by atoms with Crippen molar-refractivity contribution in [1.82, 2.24) is 15.0 Å². The van der Waals surface area contributed by atoms with Crippen molar-refractivity contribution < 1.29 is 26.3 Å². The molecule has 2 fully saturated rings. The van der Waals surface area contributed by atoms with Crippen molar-refractivity contribution in [3.8, 4) is 11.3 Å². The number of hydrogen-bond acceptors (Lipinski definition) is 8. The smallest absolute Gasteiger partial charge is 0.384 e. The van der Waals surface area contributed by atoms with Crippen LogP contribution in [0.25, 0.3) is 11.3 Å². The van der Waals surface area contributed by atoms with Gasteiger partial charge in [0.1, 0.15) is 10.6 Å². The zero-order valence-electron chi connectivity index (χ0n) is 17.5. The SMILES string of the molecule is CS(=O)(=O)C1(c2cc(-c3cnc(N)cc3C(F)(F)F)nc(N3CCOCC3)n2)CCCC1. The Bertz CT molecular complexity index is 1110. The number of sulfone groups is 1. The highest BCUT2D eigenvalue weighted by atomic mass is 32.2. The summed E-state index contributed by atoms with van der Waals surface area (Å²) < 4.78 is 71.2. The first-order chi connectivity index (χ1) is 15.0. The van der Waals surface area contributed by atoms with E-state index >= 15 is 0 Å². The largest absolute Gasteiger partial charge is 0.417 e. The topological polar surface area (TPSA) is 111 Å². The van der Waals surface area contributed by atoms with E-state index in [1.54, 1.807) is 4.90 Å². The predicted octanol–water partition coefficient (Wildman–Crippen LogP) is 2.79. The molecule has 2 aromatic rings. The minimum Gasteiger partial charge on any atom is -0.384 e. The van der Waals surface area contributed by atoms with Crippen molar-refractivity contribution in [3.05, 3.63) is 29.6 Å². The third-order valence-electron chi connectivity index (χ3n) is 6.10. The summed E-state index contributed by atoms with van der Waals surface area (Å²) >= 11 is 0. The molecule has 0 atom stereocenters. The quantitative estimate of drug-likeness (QED) is 0.725. The molecule has 12 heteroatoms. The number of nitrogen functional groups attached to an aromatic ring is 1. The molecule has 8 nitrogen and oxygen atoms in total. The van der Waals surface area contributed by atoms with Crippen LogP contribution in [0.2, 0.25) is 0 Å². The van der Waals surface area contributed by atoms with Crippen LogP contribution in [0.1, 0.15) is 36.9 Å². The lowest BCUT2D eigenvalue weighted by molar-refractivity contribution is -0.137. The Kier molecular flexibility index (Phi) is 5.78. The fraction of sp³-hybridized carbons (Fsp3) is 0.550. The van der Waals surface area contributed by atoms with Crippen LogP contribution in [-0.4, -0.2) is 55.9 Å². The number of aromatic nitrogens is 3. The third-order valence-corrected chi connectivity index (χ3v) is 8.14. The summed E-state index contributed by atoms with van der Waals surface area (Å²) in [7, 11) is -3.60. The maximum atomic E-state index is 13.8. The number of ether oxygens (including phenoxy) is 1. The number of morpholine rings is 1. The Balaban J connectivity index is 1.96. The van der Waals surface area contributed by atoms with E-state index < -0.39 is 26.3 Å². The molecule has 174 valence electrons. The van der Waals surface area contributed by atoms with Gasteiger partial charge in [0, 0.05) is 31.1 Å². The Labute approximate surface area is 183 Å². The van der Waals surface area contributed by atoms with Crippen molar-refractivity contribution in [1.29, 1.82) is 0 Å². The first kappa shape index (κ1) is 22.7. The average Bonchev–Trinajstić information content (AvgIpc) is 3.25. The predicted molar refractivity (Wildman–Crippen MR) is 113 cm³/mol. The van der Waals surface area contributed by atoms with Gasteiger partial charge in [-0.1, -0.05) is 12.8 Å². The van der Waals surface area contributed by atoms with Crippen molar-refractivity contribution in [3.63, 3.8) is 0 Å². The summed E-state index contributed by atoms with van der Waals surface area (Å²) in [5.41, 5.74) is 4.44. The van der Waals surface area contributed by atoms with Crippen LogP contribution in [-0.2, 0) is 25.5 Å². The number of nitrogens with zero attached hydrogens (tertiary/aromatic N) is 4. The number of hydrogen-bond donors (Lipinski definition) is 1. The number of rotatable bonds is 4. The molecule has 32 heavy (non-hydrogen) atoms. The lowest BCUT2D eigenvalue weighted by atomic mass is 9.99. The van der Waals surface area contributed by atoms with Gasteiger partial charge in [-0.3, -0.25) is 0 Å². The van der Waals surface area contributed by atoms with Crippen LogP contribution in [0.4, 0.5) is 24.9 Å². The standard InChI is InChI=1S/C20H24F3N5O3S/c1-32(29,30)19(4-2-3-5-19)16-11-15(26-18(27-16)28-6-8-31-9-7-28)13-12-25-17(24)10-14(13)20(21,22)23/h10-12H,2-9H2,1H3,(H2,24,25). The molecule has 0 aromatic carbocycles. The molecule has 0 bridgehead atoms. The summed E-state index contributed by atoms with van der Waals surface area (Å²) in [6.45, 7) is 1.72. The molecule has 0 unspecified atom stereocenters. The number of alkyl halides is 3. The van der Waals surface area contributed by atoms with E-state index in [2.05, 4.69) is 15.0 Å². The van der Waals surface area contributed by atoms with Crippen molar-refractivity contribution >= 4 is 21.6 Å². The first-order valence-corrected chi connectivity index (χ1v) is 12.2. The van der Waals surface area contributed by atoms with Gasteiger partial charge in [-0.05, 0) is 25.0 Å². The monoisotopic (exact) mass is 471 g/mol. The minimum absolute atomic E-state index is 0.0359. The molecule has 0 amide bonds. The van der Waals surface area contributed by atoms with E-state index in [4.69, 9.17) is 10.5 Å². The third kappa shape index (κ3) is 4.13. The zero-order chi connectivity index (χ0) is 23.1. The molecule has 2 N–H and O–H groups in total. The van der Waals surface area contributed by atoms with Crippen LogP contribution in [0.5, 0.6) is 0 Å². The van der Waals surface area contributed by atoms with Crippen LogP contribution < -0.4 is 10.6 Å². The second kappa shape index (κ2) is 8.14. The Hall–Kier alpha value is -2.47. The van der Waals surface area contributed by atoms with Gasteiger partial charge in [0.15, 0.2) is 9.84 Å². The number of anilines is 2. The number of halogens is 3. The van der Waals surface area contributed by atoms with Gasteiger partial charge in [-0.25, -0.2) is 23.4 Å². The Morgan fingerprint density at radius 1 is 1.12 bits per heavy atom. The molecular formula is C20H24F3N5O3S. The first-order valence-electron chi connectivity index (χ1n) is 10.3. The average molecular weight is 472 g/mol. The lowest BCUT2D eigenvalue weighted by Crippen LogP contribution is -2.39. The van der Waals surface area contributed by atoms with E-state index in [-0.39, 0.29) is 28.7 Å². The molecule has 1 aliphatic heterocycles. The number of nitrogens with two attached hydrogens (primary N) is 1. The molecule has 1 saturated carbocycles. The van der Waals surface area contributed by atoms with Gasteiger partial charge in [-0.15, -0.1) is 0 Å². The molecule has 4 rings (SSSR count). The van der Waals surface area contributed by atoms with Crippen molar-refractivity contribution in [2.24, 2.45) is 0 Å². The van der Waals surface area contributed by atoms with E-state index in [1.807, 2.05) is 0 Å². The van der Waals surface area contributed by atoms with Gasteiger partial charge in [0.25, 0.3) is 0 Å². The van der Waals surface area contributed by atoms with Crippen molar-refractivity contribution in [2.45, 2.75) is 36.6 Å². The molecule has 0 radical (unpaired) electrons. The van der Waals surface area contributed by atoms with E-state index in [9.17, 15) is 21.6 Å². The number of pyridine rings is 1. The Morgan fingerprint density at radius 3 is 2.38 bits per heavy atom. The van der Waals surface area contributed by atoms with Gasteiger partial charge in [0.05, 0.1) is 30.2 Å². The highest BCUT2D eigenvalue weighted by Crippen LogP contribution is 2.46. The molecule has 2 aromatic heterocycles. The van der Waals surface area contributed by atoms with Crippen LogP contribution in [0.15, 0.2) is 18.3 Å². The summed E-state index contributed by atoms with van der Waals surface area (Å²) in [5, 5.41) is 0. The van der Waals surface area contributed by atoms with E-state index in [0.29, 0.717) is 52.0 Å². The highest BCUT2D eigenvalue weighted by molar-refractivity contribution is 7.91.